The van der Waals surface area contributed by atoms with Crippen molar-refractivity contribution in [2.45, 2.75) is 0 Å². The van der Waals surface area contributed by atoms with E-state index < -0.39 is 11.8 Å². The van der Waals surface area contributed by atoms with E-state index in [2.05, 4.69) is 21.2 Å². The third-order valence-electron chi connectivity index (χ3n) is 2.87. The van der Waals surface area contributed by atoms with Crippen molar-refractivity contribution in [3.63, 3.8) is 0 Å². The zero-order valence-corrected chi connectivity index (χ0v) is 14.1. The predicted octanol–water partition coefficient (Wildman–Crippen LogP) is 1.69. The van der Waals surface area contributed by atoms with Crippen molar-refractivity contribution in [3.8, 4) is 5.75 Å². The summed E-state index contributed by atoms with van der Waals surface area (Å²) in [5.41, 5.74) is 5.41. The van der Waals surface area contributed by atoms with Crippen LogP contribution in [0.5, 0.6) is 5.75 Å². The molecule has 1 heterocycles. The molecule has 0 atom stereocenters. The summed E-state index contributed by atoms with van der Waals surface area (Å²) in [7, 11) is 1.44. The molecule has 124 valence electrons. The third kappa shape index (κ3) is 4.64. The Balaban J connectivity index is 1.94. The number of aromatic nitrogens is 1. The first-order valence-corrected chi connectivity index (χ1v) is 7.45. The lowest BCUT2D eigenvalue weighted by atomic mass is 10.2. The van der Waals surface area contributed by atoms with E-state index in [1.807, 2.05) is 0 Å². The summed E-state index contributed by atoms with van der Waals surface area (Å²) in [6.45, 7) is 0. The fraction of sp³-hybridized carbons (Fsp3) is 0.0667. The van der Waals surface area contributed by atoms with Gasteiger partial charge in [-0.25, -0.2) is 0 Å². The number of hydrogen-bond acceptors (Lipinski definition) is 5. The minimum atomic E-state index is -0.523. The first-order valence-electron chi connectivity index (χ1n) is 6.66. The van der Waals surface area contributed by atoms with Crippen LogP contribution in [0.4, 0.5) is 0 Å². The molecule has 0 aliphatic carbocycles. The van der Waals surface area contributed by atoms with Gasteiger partial charge in [-0.3, -0.25) is 30.7 Å². The van der Waals surface area contributed by atoms with Crippen molar-refractivity contribution < 1.29 is 14.3 Å². The molecular weight excluding hydrogens is 352 g/mol. The number of amides is 2. The quantitative estimate of drug-likeness (QED) is 0.567. The van der Waals surface area contributed by atoms with E-state index in [0.717, 1.165) is 0 Å². The molecule has 9 heteroatoms. The van der Waals surface area contributed by atoms with Gasteiger partial charge in [-0.15, -0.1) is 0 Å². The van der Waals surface area contributed by atoms with Gasteiger partial charge >= 0.3 is 0 Å². The molecule has 0 saturated heterocycles. The number of halogens is 1. The molecular formula is C15H13ClN4O3S. The number of carbonyl (C=O) groups excluding carboxylic acids is 2. The topological polar surface area (TPSA) is 92.4 Å². The molecule has 1 aromatic heterocycles. The van der Waals surface area contributed by atoms with Crippen LogP contribution in [0.3, 0.4) is 0 Å². The molecule has 0 spiro atoms. The molecule has 0 unspecified atom stereocenters. The number of ether oxygens (including phenoxy) is 1. The molecule has 0 saturated carbocycles. The SMILES string of the molecule is COc1ccc(Cl)cc1C(=O)NC(=S)NNC(=O)c1ccncc1. The first-order chi connectivity index (χ1) is 11.5. The fourth-order valence-electron chi connectivity index (χ4n) is 1.75. The van der Waals surface area contributed by atoms with E-state index in [4.69, 9.17) is 28.6 Å². The van der Waals surface area contributed by atoms with Gasteiger partial charge in [-0.1, -0.05) is 11.6 Å². The van der Waals surface area contributed by atoms with Crippen molar-refractivity contribution in [2.75, 3.05) is 7.11 Å². The Labute approximate surface area is 148 Å². The summed E-state index contributed by atoms with van der Waals surface area (Å²) >= 11 is 10.8. The summed E-state index contributed by atoms with van der Waals surface area (Å²) in [6, 6.07) is 7.69. The summed E-state index contributed by atoms with van der Waals surface area (Å²) < 4.78 is 5.10. The molecule has 0 radical (unpaired) electrons. The Hall–Kier alpha value is -2.71. The summed E-state index contributed by atoms with van der Waals surface area (Å²) in [6.07, 6.45) is 2.97. The van der Waals surface area contributed by atoms with Gasteiger partial charge in [0, 0.05) is 23.0 Å². The zero-order chi connectivity index (χ0) is 17.5. The van der Waals surface area contributed by atoms with Crippen LogP contribution >= 0.6 is 23.8 Å². The van der Waals surface area contributed by atoms with Gasteiger partial charge in [0.2, 0.25) is 0 Å². The molecule has 0 fully saturated rings. The van der Waals surface area contributed by atoms with Gasteiger partial charge in [-0.2, -0.15) is 0 Å². The van der Waals surface area contributed by atoms with Gasteiger partial charge in [0.15, 0.2) is 5.11 Å². The van der Waals surface area contributed by atoms with Crippen LogP contribution in [-0.4, -0.2) is 29.0 Å². The van der Waals surface area contributed by atoms with Gasteiger partial charge < -0.3 is 4.74 Å². The molecule has 7 nitrogen and oxygen atoms in total. The average molecular weight is 365 g/mol. The first kappa shape index (κ1) is 17.6. The monoisotopic (exact) mass is 364 g/mol. The lowest BCUT2D eigenvalue weighted by Gasteiger charge is -2.12. The normalized spacial score (nSPS) is 9.75. The number of methoxy groups -OCH3 is 1. The fourth-order valence-corrected chi connectivity index (χ4v) is 2.06. The van der Waals surface area contributed by atoms with Gasteiger partial charge in [-0.05, 0) is 42.5 Å². The number of pyridine rings is 1. The lowest BCUT2D eigenvalue weighted by Crippen LogP contribution is -2.48. The van der Waals surface area contributed by atoms with Crippen LogP contribution in [0.2, 0.25) is 5.02 Å². The molecule has 2 rings (SSSR count). The van der Waals surface area contributed by atoms with E-state index in [1.165, 1.54) is 37.7 Å². The molecule has 3 N–H and O–H groups in total. The van der Waals surface area contributed by atoms with Crippen LogP contribution in [0, 0.1) is 0 Å². The van der Waals surface area contributed by atoms with Crippen molar-refractivity contribution in [1.29, 1.82) is 0 Å². The van der Waals surface area contributed by atoms with E-state index >= 15 is 0 Å². The van der Waals surface area contributed by atoms with Crippen molar-refractivity contribution in [1.82, 2.24) is 21.2 Å². The Morgan fingerprint density at radius 2 is 1.83 bits per heavy atom. The van der Waals surface area contributed by atoms with E-state index in [9.17, 15) is 9.59 Å². The summed E-state index contributed by atoms with van der Waals surface area (Å²) in [4.78, 5) is 27.9. The Morgan fingerprint density at radius 3 is 2.50 bits per heavy atom. The molecule has 2 aromatic rings. The average Bonchev–Trinajstić information content (AvgIpc) is 2.60. The number of rotatable bonds is 3. The Bertz CT molecular complexity index is 771. The van der Waals surface area contributed by atoms with Gasteiger partial charge in [0.05, 0.1) is 12.7 Å². The molecule has 1 aromatic carbocycles. The smallest absolute Gasteiger partial charge is 0.269 e. The van der Waals surface area contributed by atoms with Crippen molar-refractivity contribution in [2.24, 2.45) is 0 Å². The lowest BCUT2D eigenvalue weighted by molar-refractivity contribution is 0.0934. The predicted molar refractivity (Wildman–Crippen MR) is 92.9 cm³/mol. The highest BCUT2D eigenvalue weighted by Gasteiger charge is 2.14. The molecule has 0 bridgehead atoms. The number of thiocarbonyl (C=S) groups is 1. The largest absolute Gasteiger partial charge is 0.496 e. The maximum Gasteiger partial charge on any atom is 0.269 e. The molecule has 2 amide bonds. The minimum Gasteiger partial charge on any atom is -0.496 e. The summed E-state index contributed by atoms with van der Waals surface area (Å²) in [5, 5.41) is 2.72. The number of nitrogens with one attached hydrogen (secondary N) is 3. The molecule has 0 aliphatic heterocycles. The highest BCUT2D eigenvalue weighted by molar-refractivity contribution is 7.80. The zero-order valence-electron chi connectivity index (χ0n) is 12.5. The second kappa shape index (κ2) is 8.23. The second-order valence-electron chi connectivity index (χ2n) is 4.44. The van der Waals surface area contributed by atoms with E-state index in [1.54, 1.807) is 12.1 Å². The number of hydrogen-bond donors (Lipinski definition) is 3. The van der Waals surface area contributed by atoms with Crippen molar-refractivity contribution in [3.05, 3.63) is 58.9 Å². The Kier molecular flexibility index (Phi) is 6.05. The Morgan fingerprint density at radius 1 is 1.12 bits per heavy atom. The minimum absolute atomic E-state index is 0.0792. The molecule has 24 heavy (non-hydrogen) atoms. The van der Waals surface area contributed by atoms with E-state index in [-0.39, 0.29) is 10.7 Å². The third-order valence-corrected chi connectivity index (χ3v) is 3.30. The molecule has 0 aliphatic rings. The van der Waals surface area contributed by atoms with E-state index in [0.29, 0.717) is 16.3 Å². The highest BCUT2D eigenvalue weighted by atomic mass is 35.5. The summed E-state index contributed by atoms with van der Waals surface area (Å²) in [5.74, 6) is -0.597. The van der Waals surface area contributed by atoms with Crippen LogP contribution < -0.4 is 20.9 Å². The second-order valence-corrected chi connectivity index (χ2v) is 5.29. The number of benzene rings is 1. The highest BCUT2D eigenvalue weighted by Crippen LogP contribution is 2.22. The standard InChI is InChI=1S/C15H13ClN4O3S/c1-23-12-3-2-10(16)8-11(12)14(22)18-15(24)20-19-13(21)9-4-6-17-7-5-9/h2-8H,1H3,(H,19,21)(H2,18,20,22,24). The van der Waals surface area contributed by atoms with Crippen molar-refractivity contribution >= 4 is 40.7 Å². The van der Waals surface area contributed by atoms with Crippen LogP contribution in [-0.2, 0) is 0 Å². The maximum atomic E-state index is 12.2. The van der Waals surface area contributed by atoms with Crippen LogP contribution in [0.15, 0.2) is 42.7 Å². The number of carbonyl (C=O) groups is 2. The number of nitrogens with zero attached hydrogens (tertiary/aromatic N) is 1. The van der Waals surface area contributed by atoms with Crippen LogP contribution in [0.25, 0.3) is 0 Å². The number of hydrazine groups is 1. The van der Waals surface area contributed by atoms with Crippen LogP contribution in [0.1, 0.15) is 20.7 Å². The van der Waals surface area contributed by atoms with Gasteiger partial charge in [0.1, 0.15) is 5.75 Å². The van der Waals surface area contributed by atoms with Gasteiger partial charge in [0.25, 0.3) is 11.8 Å². The maximum absolute atomic E-state index is 12.2.